The minimum Gasteiger partial charge on any atom is -0.352 e. The first-order chi connectivity index (χ1) is 5.53. The Balaban J connectivity index is 2.75. The summed E-state index contributed by atoms with van der Waals surface area (Å²) < 4.78 is 22.4. The first-order valence-electron chi connectivity index (χ1n) is 4.03. The Morgan fingerprint density at radius 1 is 1.58 bits per heavy atom. The molecular weight excluding hydrogens is 178 g/mol. The lowest BCUT2D eigenvalue weighted by Crippen LogP contribution is -2.35. The quantitative estimate of drug-likeness (QED) is 0.619. The van der Waals surface area contributed by atoms with Gasteiger partial charge in [0, 0.05) is 12.5 Å². The smallest absolute Gasteiger partial charge is 0.221 e. The standard InChI is InChI=1S/C7H13NO3S/c1-2-6-5-12(10,11)4-3-7(9)8-6/h6H,2-5H2,1H3,(H,8,9). The van der Waals surface area contributed by atoms with Gasteiger partial charge in [0.1, 0.15) is 0 Å². The molecule has 0 aromatic heterocycles. The van der Waals surface area contributed by atoms with E-state index in [-0.39, 0.29) is 29.9 Å². The number of nitrogens with one attached hydrogen (secondary N) is 1. The predicted molar refractivity (Wildman–Crippen MR) is 45.5 cm³/mol. The van der Waals surface area contributed by atoms with E-state index in [1.165, 1.54) is 0 Å². The van der Waals surface area contributed by atoms with E-state index >= 15 is 0 Å². The maximum Gasteiger partial charge on any atom is 0.221 e. The van der Waals surface area contributed by atoms with Gasteiger partial charge < -0.3 is 5.32 Å². The molecule has 12 heavy (non-hydrogen) atoms. The minimum atomic E-state index is -3.00. The number of sulfone groups is 1. The molecule has 5 heteroatoms. The number of carbonyl (C=O) groups excluding carboxylic acids is 1. The van der Waals surface area contributed by atoms with Gasteiger partial charge in [-0.25, -0.2) is 8.42 Å². The van der Waals surface area contributed by atoms with Crippen molar-refractivity contribution in [2.45, 2.75) is 25.8 Å². The highest BCUT2D eigenvalue weighted by molar-refractivity contribution is 7.91. The van der Waals surface area contributed by atoms with Crippen LogP contribution < -0.4 is 5.32 Å². The average molecular weight is 191 g/mol. The van der Waals surface area contributed by atoms with Crippen LogP contribution in [0, 0.1) is 0 Å². The molecule has 0 saturated carbocycles. The fourth-order valence-electron chi connectivity index (χ4n) is 1.20. The van der Waals surface area contributed by atoms with Gasteiger partial charge in [0.25, 0.3) is 0 Å². The van der Waals surface area contributed by atoms with Gasteiger partial charge in [-0.3, -0.25) is 4.79 Å². The second kappa shape index (κ2) is 3.43. The molecule has 1 heterocycles. The number of hydrogen-bond donors (Lipinski definition) is 1. The average Bonchev–Trinajstić information content (AvgIpc) is 2.10. The van der Waals surface area contributed by atoms with Crippen LogP contribution in [0.25, 0.3) is 0 Å². The van der Waals surface area contributed by atoms with Gasteiger partial charge in [-0.1, -0.05) is 6.92 Å². The molecule has 1 aliphatic heterocycles. The summed E-state index contributed by atoms with van der Waals surface area (Å²) >= 11 is 0. The van der Waals surface area contributed by atoms with E-state index in [0.29, 0.717) is 6.42 Å². The van der Waals surface area contributed by atoms with Gasteiger partial charge in [-0.2, -0.15) is 0 Å². The van der Waals surface area contributed by atoms with Crippen LogP contribution >= 0.6 is 0 Å². The molecule has 1 aliphatic rings. The van der Waals surface area contributed by atoms with Crippen molar-refractivity contribution in [3.05, 3.63) is 0 Å². The highest BCUT2D eigenvalue weighted by atomic mass is 32.2. The summed E-state index contributed by atoms with van der Waals surface area (Å²) in [5.41, 5.74) is 0. The minimum absolute atomic E-state index is 0.00463. The third kappa shape index (κ3) is 2.48. The number of hydrogen-bond acceptors (Lipinski definition) is 3. The van der Waals surface area contributed by atoms with E-state index in [2.05, 4.69) is 5.32 Å². The summed E-state index contributed by atoms with van der Waals surface area (Å²) in [6.07, 6.45) is 0.782. The van der Waals surface area contributed by atoms with Crippen LogP contribution in [-0.2, 0) is 14.6 Å². The van der Waals surface area contributed by atoms with E-state index < -0.39 is 9.84 Å². The largest absolute Gasteiger partial charge is 0.352 e. The topological polar surface area (TPSA) is 63.2 Å². The van der Waals surface area contributed by atoms with Crippen molar-refractivity contribution in [2.24, 2.45) is 0 Å². The van der Waals surface area contributed by atoms with Crippen LogP contribution in [0.5, 0.6) is 0 Å². The lowest BCUT2D eigenvalue weighted by Gasteiger charge is -2.11. The van der Waals surface area contributed by atoms with Gasteiger partial charge in [0.05, 0.1) is 11.5 Å². The number of carbonyl (C=O) groups is 1. The second-order valence-corrected chi connectivity index (χ2v) is 5.27. The molecule has 4 nitrogen and oxygen atoms in total. The van der Waals surface area contributed by atoms with Crippen LogP contribution in [0.15, 0.2) is 0 Å². The summed E-state index contributed by atoms with van der Waals surface area (Å²) in [5.74, 6) is -0.0622. The maximum atomic E-state index is 11.2. The van der Waals surface area contributed by atoms with Gasteiger partial charge in [0.15, 0.2) is 9.84 Å². The van der Waals surface area contributed by atoms with Crippen molar-refractivity contribution in [2.75, 3.05) is 11.5 Å². The van der Waals surface area contributed by atoms with E-state index in [9.17, 15) is 13.2 Å². The molecule has 0 bridgehead atoms. The summed E-state index contributed by atoms with van der Waals surface area (Å²) in [6, 6.07) is -0.190. The monoisotopic (exact) mass is 191 g/mol. The van der Waals surface area contributed by atoms with Gasteiger partial charge in [-0.05, 0) is 6.42 Å². The normalized spacial score (nSPS) is 29.1. The number of rotatable bonds is 1. The highest BCUT2D eigenvalue weighted by Gasteiger charge is 2.24. The molecule has 0 aromatic carbocycles. The zero-order valence-electron chi connectivity index (χ0n) is 7.04. The molecule has 1 atom stereocenters. The van der Waals surface area contributed by atoms with Crippen LogP contribution in [0.4, 0.5) is 0 Å². The first kappa shape index (κ1) is 9.51. The van der Waals surface area contributed by atoms with Gasteiger partial charge >= 0.3 is 0 Å². The van der Waals surface area contributed by atoms with E-state index in [1.54, 1.807) is 0 Å². The Labute approximate surface area is 72.3 Å². The van der Waals surface area contributed by atoms with Crippen molar-refractivity contribution in [1.82, 2.24) is 5.32 Å². The molecule has 1 unspecified atom stereocenters. The maximum absolute atomic E-state index is 11.2. The molecule has 0 spiro atoms. The van der Waals surface area contributed by atoms with Crippen molar-refractivity contribution >= 4 is 15.7 Å². The molecular formula is C7H13NO3S. The molecule has 1 saturated heterocycles. The molecule has 70 valence electrons. The van der Waals surface area contributed by atoms with Crippen LogP contribution in [-0.4, -0.2) is 31.9 Å². The summed E-state index contributed by atoms with van der Waals surface area (Å²) in [7, 11) is -3.00. The van der Waals surface area contributed by atoms with Crippen molar-refractivity contribution in [3.63, 3.8) is 0 Å². The predicted octanol–water partition coefficient (Wildman–Crippen LogP) is -0.300. The summed E-state index contributed by atoms with van der Waals surface area (Å²) in [6.45, 7) is 1.87. The second-order valence-electron chi connectivity index (χ2n) is 3.04. The zero-order valence-corrected chi connectivity index (χ0v) is 7.86. The molecule has 0 aromatic rings. The number of amides is 1. The van der Waals surface area contributed by atoms with Gasteiger partial charge in [-0.15, -0.1) is 0 Å². The molecule has 1 rings (SSSR count). The third-order valence-electron chi connectivity index (χ3n) is 1.95. The fourth-order valence-corrected chi connectivity index (χ4v) is 2.79. The van der Waals surface area contributed by atoms with Crippen LogP contribution in [0.1, 0.15) is 19.8 Å². The van der Waals surface area contributed by atoms with Crippen LogP contribution in [0.3, 0.4) is 0 Å². The Kier molecular flexibility index (Phi) is 2.72. The summed E-state index contributed by atoms with van der Waals surface area (Å²) in [5, 5.41) is 2.67. The Morgan fingerprint density at radius 3 is 2.83 bits per heavy atom. The van der Waals surface area contributed by atoms with Crippen molar-refractivity contribution < 1.29 is 13.2 Å². The molecule has 1 amide bonds. The zero-order chi connectivity index (χ0) is 9.19. The van der Waals surface area contributed by atoms with E-state index in [0.717, 1.165) is 0 Å². The Hall–Kier alpha value is -0.580. The van der Waals surface area contributed by atoms with Gasteiger partial charge in [0.2, 0.25) is 5.91 Å². The molecule has 1 N–H and O–H groups in total. The lowest BCUT2D eigenvalue weighted by atomic mass is 10.2. The molecule has 0 radical (unpaired) electrons. The van der Waals surface area contributed by atoms with Crippen LogP contribution in [0.2, 0.25) is 0 Å². The Morgan fingerprint density at radius 2 is 2.25 bits per heavy atom. The fraction of sp³-hybridized carbons (Fsp3) is 0.857. The van der Waals surface area contributed by atoms with E-state index in [1.807, 2.05) is 6.92 Å². The van der Waals surface area contributed by atoms with Crippen molar-refractivity contribution in [3.8, 4) is 0 Å². The van der Waals surface area contributed by atoms with Crippen molar-refractivity contribution in [1.29, 1.82) is 0 Å². The highest BCUT2D eigenvalue weighted by Crippen LogP contribution is 2.05. The third-order valence-corrected chi connectivity index (χ3v) is 3.69. The van der Waals surface area contributed by atoms with E-state index in [4.69, 9.17) is 0 Å². The lowest BCUT2D eigenvalue weighted by molar-refractivity contribution is -0.121. The molecule has 0 aliphatic carbocycles. The first-order valence-corrected chi connectivity index (χ1v) is 5.85. The Bertz CT molecular complexity index is 270. The SMILES string of the molecule is CCC1CS(=O)(=O)CCC(=O)N1. The molecule has 1 fully saturated rings. The summed E-state index contributed by atoms with van der Waals surface area (Å²) in [4.78, 5) is 11.0.